The average Bonchev–Trinajstić information content (AvgIpc) is 3.46. The molecule has 0 aliphatic carbocycles. The second-order valence-electron chi connectivity index (χ2n) is 9.82. The lowest BCUT2D eigenvalue weighted by atomic mass is 10.0. The van der Waals surface area contributed by atoms with E-state index in [0.717, 1.165) is 41.0 Å². The summed E-state index contributed by atoms with van der Waals surface area (Å²) in [5, 5.41) is 3.41. The van der Waals surface area contributed by atoms with Crippen molar-refractivity contribution >= 4 is 17.0 Å². The number of fused-ring (bicyclic) bond motifs is 1. The molecule has 35 heavy (non-hydrogen) atoms. The van der Waals surface area contributed by atoms with Gasteiger partial charge in [0.05, 0.1) is 24.2 Å². The van der Waals surface area contributed by atoms with Crippen molar-refractivity contribution in [3.05, 3.63) is 51.9 Å². The van der Waals surface area contributed by atoms with Crippen LogP contribution in [0.25, 0.3) is 22.4 Å². The first-order chi connectivity index (χ1) is 16.8. The number of benzene rings is 1. The van der Waals surface area contributed by atoms with E-state index in [2.05, 4.69) is 48.9 Å². The van der Waals surface area contributed by atoms with E-state index in [9.17, 15) is 9.59 Å². The number of pyridine rings is 1. The van der Waals surface area contributed by atoms with Crippen molar-refractivity contribution in [2.45, 2.75) is 65.8 Å². The molecule has 2 aromatic heterocycles. The van der Waals surface area contributed by atoms with Gasteiger partial charge in [-0.05, 0) is 49.9 Å². The van der Waals surface area contributed by atoms with Crippen LogP contribution in [0.1, 0.15) is 44.7 Å². The lowest BCUT2D eigenvalue weighted by molar-refractivity contribution is -0.152. The zero-order valence-electron chi connectivity index (χ0n) is 21.3. The average molecular weight is 481 g/mol. The van der Waals surface area contributed by atoms with Crippen molar-refractivity contribution in [2.75, 3.05) is 13.2 Å². The number of carbonyl (C=O) groups is 1. The molecule has 1 aliphatic heterocycles. The van der Waals surface area contributed by atoms with Gasteiger partial charge in [-0.15, -0.1) is 0 Å². The maximum atomic E-state index is 12.8. The van der Waals surface area contributed by atoms with Crippen molar-refractivity contribution in [3.8, 4) is 11.4 Å². The monoisotopic (exact) mass is 480 g/mol. The summed E-state index contributed by atoms with van der Waals surface area (Å²) < 4.78 is 14.8. The van der Waals surface area contributed by atoms with Crippen molar-refractivity contribution in [2.24, 2.45) is 13.0 Å². The molecule has 2 unspecified atom stereocenters. The van der Waals surface area contributed by atoms with Crippen LogP contribution in [0.5, 0.6) is 0 Å². The van der Waals surface area contributed by atoms with Crippen LogP contribution in [0.3, 0.4) is 0 Å². The largest absolute Gasteiger partial charge is 0.459 e. The van der Waals surface area contributed by atoms with Gasteiger partial charge in [0, 0.05) is 43.9 Å². The Balaban J connectivity index is 1.55. The fourth-order valence-corrected chi connectivity index (χ4v) is 4.65. The normalized spacial score (nSPS) is 16.8. The quantitative estimate of drug-likeness (QED) is 0.471. The Morgan fingerprint density at radius 3 is 2.77 bits per heavy atom. The van der Waals surface area contributed by atoms with Crippen molar-refractivity contribution in [1.29, 1.82) is 0 Å². The molecule has 0 bridgehead atoms. The Kier molecular flexibility index (Phi) is 7.72. The fraction of sp³-hybridized carbons (Fsp3) is 0.519. The van der Waals surface area contributed by atoms with Gasteiger partial charge in [0.2, 0.25) is 0 Å². The van der Waals surface area contributed by atoms with Gasteiger partial charge in [-0.25, -0.2) is 4.98 Å². The van der Waals surface area contributed by atoms with E-state index >= 15 is 0 Å². The number of esters is 1. The highest BCUT2D eigenvalue weighted by Crippen LogP contribution is 2.26. The van der Waals surface area contributed by atoms with Crippen molar-refractivity contribution < 1.29 is 14.3 Å². The van der Waals surface area contributed by atoms with Gasteiger partial charge >= 0.3 is 5.97 Å². The van der Waals surface area contributed by atoms with Crippen LogP contribution in [-0.4, -0.2) is 45.4 Å². The van der Waals surface area contributed by atoms with Gasteiger partial charge in [-0.3, -0.25) is 9.59 Å². The Labute approximate surface area is 206 Å². The molecule has 4 rings (SSSR count). The fourth-order valence-electron chi connectivity index (χ4n) is 4.65. The lowest BCUT2D eigenvalue weighted by Crippen LogP contribution is -2.40. The zero-order valence-corrected chi connectivity index (χ0v) is 21.3. The summed E-state index contributed by atoms with van der Waals surface area (Å²) in [4.78, 5) is 29.9. The first-order valence-electron chi connectivity index (χ1n) is 12.4. The van der Waals surface area contributed by atoms with E-state index in [4.69, 9.17) is 14.5 Å². The molecule has 0 saturated carbocycles. The van der Waals surface area contributed by atoms with E-state index in [0.29, 0.717) is 37.7 Å². The summed E-state index contributed by atoms with van der Waals surface area (Å²) in [6, 6.07) is 7.74. The molecule has 0 spiro atoms. The lowest BCUT2D eigenvalue weighted by Gasteiger charge is -2.21. The third kappa shape index (κ3) is 5.65. The number of aromatic nitrogens is 3. The number of hydrogen-bond acceptors (Lipinski definition) is 6. The number of carbonyl (C=O) groups excluding carboxylic acids is 1. The molecule has 0 radical (unpaired) electrons. The maximum absolute atomic E-state index is 12.8. The number of nitrogens with one attached hydrogen (secondary N) is 1. The Hall–Kier alpha value is -2.97. The van der Waals surface area contributed by atoms with Crippen LogP contribution in [0.4, 0.5) is 0 Å². The molecule has 3 aromatic rings. The SMILES string of the molecule is CCn1c(-c2cc(C)c(=O)n(C)c2)nc2cc(CNC(CC(C)C)C(=O)OC3CCOC3)ccc21. The second-order valence-corrected chi connectivity index (χ2v) is 9.82. The topological polar surface area (TPSA) is 87.4 Å². The molecule has 1 aromatic carbocycles. The molecular weight excluding hydrogens is 444 g/mol. The minimum atomic E-state index is -0.372. The van der Waals surface area contributed by atoms with Gasteiger partial charge in [0.15, 0.2) is 0 Å². The van der Waals surface area contributed by atoms with Gasteiger partial charge in [0.25, 0.3) is 5.56 Å². The number of hydrogen-bond donors (Lipinski definition) is 1. The summed E-state index contributed by atoms with van der Waals surface area (Å²) in [6.07, 6.45) is 3.15. The van der Waals surface area contributed by atoms with Crippen LogP contribution in [0.15, 0.2) is 35.3 Å². The molecule has 1 N–H and O–H groups in total. The standard InChI is InChI=1S/C27H36N4O4/c1-6-31-24-8-7-19(13-22(24)29-25(31)20-12-18(4)26(32)30(5)15-20)14-28-23(11-17(2)3)27(33)35-21-9-10-34-16-21/h7-8,12-13,15,17,21,23,28H,6,9-11,14,16H2,1-5H3. The van der Waals surface area contributed by atoms with Crippen LogP contribution in [-0.2, 0) is 34.4 Å². The van der Waals surface area contributed by atoms with Crippen LogP contribution < -0.4 is 10.9 Å². The summed E-state index contributed by atoms with van der Waals surface area (Å²) in [5.41, 5.74) is 4.58. The van der Waals surface area contributed by atoms with E-state index in [-0.39, 0.29) is 23.7 Å². The van der Waals surface area contributed by atoms with Crippen molar-refractivity contribution in [1.82, 2.24) is 19.4 Å². The number of rotatable bonds is 9. The Morgan fingerprint density at radius 1 is 1.31 bits per heavy atom. The second kappa shape index (κ2) is 10.7. The predicted molar refractivity (Wildman–Crippen MR) is 136 cm³/mol. The molecule has 188 valence electrons. The highest BCUT2D eigenvalue weighted by atomic mass is 16.6. The van der Waals surface area contributed by atoms with Crippen LogP contribution in [0.2, 0.25) is 0 Å². The predicted octanol–water partition coefficient (Wildman–Crippen LogP) is 3.57. The molecule has 3 heterocycles. The highest BCUT2D eigenvalue weighted by molar-refractivity contribution is 5.81. The third-order valence-corrected chi connectivity index (χ3v) is 6.46. The first kappa shape index (κ1) is 25.1. The first-order valence-corrected chi connectivity index (χ1v) is 12.4. The van der Waals surface area contributed by atoms with Gasteiger partial charge in [0.1, 0.15) is 18.0 Å². The molecule has 1 saturated heterocycles. The van der Waals surface area contributed by atoms with Crippen molar-refractivity contribution in [3.63, 3.8) is 0 Å². The molecular formula is C27H36N4O4. The zero-order chi connectivity index (χ0) is 25.1. The number of nitrogens with zero attached hydrogens (tertiary/aromatic N) is 3. The molecule has 8 nitrogen and oxygen atoms in total. The number of imidazole rings is 1. The summed E-state index contributed by atoms with van der Waals surface area (Å²) in [7, 11) is 1.76. The minimum absolute atomic E-state index is 0.00351. The van der Waals surface area contributed by atoms with Gasteiger partial charge < -0.3 is 23.9 Å². The van der Waals surface area contributed by atoms with Crippen LogP contribution in [0, 0.1) is 12.8 Å². The summed E-state index contributed by atoms with van der Waals surface area (Å²) >= 11 is 0. The van der Waals surface area contributed by atoms with E-state index < -0.39 is 0 Å². The molecule has 0 amide bonds. The summed E-state index contributed by atoms with van der Waals surface area (Å²) in [6.45, 7) is 10.5. The maximum Gasteiger partial charge on any atom is 0.323 e. The number of ether oxygens (including phenoxy) is 2. The summed E-state index contributed by atoms with van der Waals surface area (Å²) in [5.74, 6) is 0.986. The highest BCUT2D eigenvalue weighted by Gasteiger charge is 2.26. The Morgan fingerprint density at radius 2 is 2.11 bits per heavy atom. The van der Waals surface area contributed by atoms with E-state index in [1.807, 2.05) is 19.2 Å². The number of aryl methyl sites for hydroxylation is 3. The smallest absolute Gasteiger partial charge is 0.323 e. The third-order valence-electron chi connectivity index (χ3n) is 6.46. The van der Waals surface area contributed by atoms with E-state index in [1.165, 1.54) is 0 Å². The molecule has 1 fully saturated rings. The molecule has 2 atom stereocenters. The molecule has 8 heteroatoms. The molecule has 1 aliphatic rings. The van der Waals surface area contributed by atoms with Gasteiger partial charge in [-0.2, -0.15) is 0 Å². The minimum Gasteiger partial charge on any atom is -0.459 e. The van der Waals surface area contributed by atoms with Crippen LogP contribution >= 0.6 is 0 Å². The van der Waals surface area contributed by atoms with E-state index in [1.54, 1.807) is 11.6 Å². The van der Waals surface area contributed by atoms with Gasteiger partial charge in [-0.1, -0.05) is 19.9 Å². The Bertz CT molecular complexity index is 1230.